The van der Waals surface area contributed by atoms with E-state index in [9.17, 15) is 18.9 Å². The summed E-state index contributed by atoms with van der Waals surface area (Å²) in [6, 6.07) is 0.973. The van der Waals surface area contributed by atoms with E-state index in [0.717, 1.165) is 6.07 Å². The van der Waals surface area contributed by atoms with Gasteiger partial charge < -0.3 is 15.8 Å². The molecule has 5 nitrogen and oxygen atoms in total. The van der Waals surface area contributed by atoms with E-state index in [4.69, 9.17) is 5.73 Å². The SMILES string of the molecule is Nc1c(Br)cc([N+](=O)[O-])nc1C(F)F. The molecule has 0 atom stereocenters. The summed E-state index contributed by atoms with van der Waals surface area (Å²) in [4.78, 5) is 12.5. The molecular weight excluding hydrogens is 264 g/mol. The molecule has 0 aliphatic rings. The van der Waals surface area contributed by atoms with E-state index in [2.05, 4.69) is 20.9 Å². The maximum atomic E-state index is 12.3. The fourth-order valence-electron chi connectivity index (χ4n) is 0.789. The van der Waals surface area contributed by atoms with Gasteiger partial charge in [-0.25, -0.2) is 8.78 Å². The molecule has 0 aliphatic heterocycles. The summed E-state index contributed by atoms with van der Waals surface area (Å²) in [7, 11) is 0. The van der Waals surface area contributed by atoms with Gasteiger partial charge in [-0.15, -0.1) is 0 Å². The zero-order chi connectivity index (χ0) is 10.9. The molecule has 0 aromatic carbocycles. The van der Waals surface area contributed by atoms with Crippen LogP contribution in [0, 0.1) is 10.1 Å². The van der Waals surface area contributed by atoms with Gasteiger partial charge in [0.2, 0.25) is 5.69 Å². The molecular formula is C6H4BrF2N3O2. The third-order valence-electron chi connectivity index (χ3n) is 1.42. The first-order chi connectivity index (χ1) is 6.43. The summed E-state index contributed by atoms with van der Waals surface area (Å²) >= 11 is 2.83. The molecule has 1 aromatic rings. The number of nitrogens with zero attached hydrogens (tertiary/aromatic N) is 2. The number of alkyl halides is 2. The lowest BCUT2D eigenvalue weighted by Crippen LogP contribution is -2.03. The van der Waals surface area contributed by atoms with Crippen molar-refractivity contribution in [2.75, 3.05) is 5.73 Å². The van der Waals surface area contributed by atoms with Crippen LogP contribution in [0.5, 0.6) is 0 Å². The van der Waals surface area contributed by atoms with Gasteiger partial charge in [0.15, 0.2) is 0 Å². The van der Waals surface area contributed by atoms with E-state index in [-0.39, 0.29) is 10.2 Å². The number of pyridine rings is 1. The Kier molecular flexibility index (Phi) is 2.94. The molecule has 0 spiro atoms. The Bertz CT molecular complexity index is 386. The van der Waals surface area contributed by atoms with Gasteiger partial charge >= 0.3 is 12.2 Å². The van der Waals surface area contributed by atoms with E-state index in [1.54, 1.807) is 0 Å². The molecule has 0 bridgehead atoms. The van der Waals surface area contributed by atoms with Crippen molar-refractivity contribution in [1.82, 2.24) is 4.98 Å². The molecule has 0 saturated carbocycles. The van der Waals surface area contributed by atoms with Gasteiger partial charge in [0.1, 0.15) is 5.69 Å². The van der Waals surface area contributed by atoms with E-state index < -0.39 is 22.9 Å². The summed E-state index contributed by atoms with van der Waals surface area (Å²) in [6.07, 6.45) is -2.94. The van der Waals surface area contributed by atoms with Crippen LogP contribution in [0.3, 0.4) is 0 Å². The second-order valence-corrected chi connectivity index (χ2v) is 3.17. The highest BCUT2D eigenvalue weighted by Crippen LogP contribution is 2.31. The standard InChI is InChI=1S/C6H4BrF2N3O2/c7-2-1-3(12(13)14)11-5(4(2)10)6(8)9/h1,6H,10H2. The van der Waals surface area contributed by atoms with E-state index >= 15 is 0 Å². The quantitative estimate of drug-likeness (QED) is 0.658. The number of hydrogen-bond donors (Lipinski definition) is 1. The van der Waals surface area contributed by atoms with Crippen molar-refractivity contribution < 1.29 is 13.7 Å². The monoisotopic (exact) mass is 267 g/mol. The Hall–Kier alpha value is -1.31. The molecule has 14 heavy (non-hydrogen) atoms. The summed E-state index contributed by atoms with van der Waals surface area (Å²) in [6.45, 7) is 0. The molecule has 2 N–H and O–H groups in total. The lowest BCUT2D eigenvalue weighted by atomic mass is 10.3. The molecule has 0 amide bonds. The highest BCUT2D eigenvalue weighted by Gasteiger charge is 2.24. The van der Waals surface area contributed by atoms with E-state index in [0.29, 0.717) is 0 Å². The lowest BCUT2D eigenvalue weighted by Gasteiger charge is -2.01. The Morgan fingerprint density at radius 3 is 2.64 bits per heavy atom. The first kappa shape index (κ1) is 10.8. The van der Waals surface area contributed by atoms with Crippen LogP contribution in [-0.4, -0.2) is 9.91 Å². The smallest absolute Gasteiger partial charge is 0.365 e. The molecule has 8 heteroatoms. The molecule has 1 aromatic heterocycles. The molecule has 1 heterocycles. The number of anilines is 1. The Morgan fingerprint density at radius 1 is 1.64 bits per heavy atom. The molecule has 0 aliphatic carbocycles. The molecule has 0 saturated heterocycles. The van der Waals surface area contributed by atoms with Gasteiger partial charge in [0, 0.05) is 0 Å². The molecule has 1 rings (SSSR count). The van der Waals surface area contributed by atoms with Crippen LogP contribution in [-0.2, 0) is 0 Å². The first-order valence-corrected chi connectivity index (χ1v) is 4.11. The van der Waals surface area contributed by atoms with E-state index in [1.165, 1.54) is 0 Å². The van der Waals surface area contributed by atoms with Gasteiger partial charge in [-0.2, -0.15) is 0 Å². The number of halogens is 3. The minimum absolute atomic E-state index is 0.0366. The normalized spacial score (nSPS) is 10.6. The zero-order valence-corrected chi connectivity index (χ0v) is 8.16. The second-order valence-electron chi connectivity index (χ2n) is 2.32. The minimum atomic E-state index is -2.94. The largest absolute Gasteiger partial charge is 0.394 e. The van der Waals surface area contributed by atoms with Gasteiger partial charge in [0.25, 0.3) is 0 Å². The highest BCUT2D eigenvalue weighted by molar-refractivity contribution is 9.10. The van der Waals surface area contributed by atoms with E-state index in [1.807, 2.05) is 0 Å². The number of nitro groups is 1. The highest BCUT2D eigenvalue weighted by atomic mass is 79.9. The Morgan fingerprint density at radius 2 is 2.21 bits per heavy atom. The topological polar surface area (TPSA) is 82.0 Å². The van der Waals surface area contributed by atoms with Crippen LogP contribution in [0.4, 0.5) is 20.3 Å². The van der Waals surface area contributed by atoms with Gasteiger partial charge in [-0.05, 0) is 25.8 Å². The van der Waals surface area contributed by atoms with Crippen molar-refractivity contribution in [3.05, 3.63) is 26.3 Å². The third kappa shape index (κ3) is 1.95. The Labute approximate surface area is 85.2 Å². The average Bonchev–Trinajstić information content (AvgIpc) is 2.08. The predicted molar refractivity (Wildman–Crippen MR) is 48.0 cm³/mol. The van der Waals surface area contributed by atoms with Crippen molar-refractivity contribution in [2.45, 2.75) is 6.43 Å². The number of nitrogens with two attached hydrogens (primary N) is 1. The molecule has 0 unspecified atom stereocenters. The van der Waals surface area contributed by atoms with Crippen LogP contribution in [0.25, 0.3) is 0 Å². The van der Waals surface area contributed by atoms with Crippen molar-refractivity contribution in [3.63, 3.8) is 0 Å². The van der Waals surface area contributed by atoms with Gasteiger partial charge in [-0.3, -0.25) is 0 Å². The molecule has 0 fully saturated rings. The van der Waals surface area contributed by atoms with Crippen LogP contribution in [0.1, 0.15) is 12.1 Å². The van der Waals surface area contributed by atoms with Crippen molar-refractivity contribution in [2.24, 2.45) is 0 Å². The van der Waals surface area contributed by atoms with Crippen molar-refractivity contribution >= 4 is 27.4 Å². The summed E-state index contributed by atoms with van der Waals surface area (Å²) < 4.78 is 24.6. The van der Waals surface area contributed by atoms with Crippen molar-refractivity contribution in [3.8, 4) is 0 Å². The fourth-order valence-corrected chi connectivity index (χ4v) is 1.20. The first-order valence-electron chi connectivity index (χ1n) is 3.32. The number of aromatic nitrogens is 1. The summed E-state index contributed by atoms with van der Waals surface area (Å²) in [5.74, 6) is -0.665. The predicted octanol–water partition coefficient (Wildman–Crippen LogP) is 2.27. The van der Waals surface area contributed by atoms with Crippen LogP contribution < -0.4 is 5.73 Å². The average molecular weight is 268 g/mol. The van der Waals surface area contributed by atoms with Crippen LogP contribution in [0.2, 0.25) is 0 Å². The minimum Gasteiger partial charge on any atom is -0.394 e. The summed E-state index contributed by atoms with van der Waals surface area (Å²) in [5.41, 5.74) is 4.17. The molecule has 76 valence electrons. The zero-order valence-electron chi connectivity index (χ0n) is 6.58. The summed E-state index contributed by atoms with van der Waals surface area (Å²) in [5, 5.41) is 10.3. The second kappa shape index (κ2) is 3.82. The van der Waals surface area contributed by atoms with Gasteiger partial charge in [0.05, 0.1) is 10.5 Å². The van der Waals surface area contributed by atoms with Crippen molar-refractivity contribution in [1.29, 1.82) is 0 Å². The third-order valence-corrected chi connectivity index (χ3v) is 2.07. The van der Waals surface area contributed by atoms with Crippen LogP contribution >= 0.6 is 15.9 Å². The fraction of sp³-hybridized carbons (Fsp3) is 0.167. The van der Waals surface area contributed by atoms with Gasteiger partial charge in [-0.1, -0.05) is 0 Å². The Balaban J connectivity index is 3.35. The maximum Gasteiger partial charge on any atom is 0.365 e. The molecule has 0 radical (unpaired) electrons. The lowest BCUT2D eigenvalue weighted by molar-refractivity contribution is -0.389. The number of hydrogen-bond acceptors (Lipinski definition) is 4. The van der Waals surface area contributed by atoms with Crippen LogP contribution in [0.15, 0.2) is 10.5 Å². The number of rotatable bonds is 2. The number of nitrogen functional groups attached to an aromatic ring is 1. The maximum absolute atomic E-state index is 12.3.